The van der Waals surface area contributed by atoms with Gasteiger partial charge in [-0.15, -0.1) is 0 Å². The van der Waals surface area contributed by atoms with Gasteiger partial charge in [-0.1, -0.05) is 31.2 Å². The quantitative estimate of drug-likeness (QED) is 0.317. The SMILES string of the molecule is COc1ncnc(C2(C)CC2)c1-c1ncc2cnn(Cc3ccc(-c4nc(C(F)(F)F)cn4C)cc3)c2n1. The van der Waals surface area contributed by atoms with Crippen LogP contribution in [0.2, 0.25) is 0 Å². The number of fused-ring (bicyclic) bond motifs is 1. The molecule has 0 N–H and O–H groups in total. The number of nitrogens with zero attached hydrogens (tertiary/aromatic N) is 8. The molecule has 0 spiro atoms. The molecule has 1 aliphatic carbocycles. The van der Waals surface area contributed by atoms with Crippen molar-refractivity contribution in [2.45, 2.75) is 37.9 Å². The molecule has 12 heteroatoms. The lowest BCUT2D eigenvalue weighted by atomic mass is 9.99. The van der Waals surface area contributed by atoms with Crippen molar-refractivity contribution in [2.75, 3.05) is 7.11 Å². The molecule has 1 saturated carbocycles. The Morgan fingerprint density at radius 3 is 2.45 bits per heavy atom. The first kappa shape index (κ1) is 24.0. The Bertz CT molecular complexity index is 1650. The first-order valence-electron chi connectivity index (χ1n) is 11.9. The molecular weight excluding hydrogens is 497 g/mol. The first-order valence-corrected chi connectivity index (χ1v) is 11.9. The fourth-order valence-electron chi connectivity index (χ4n) is 4.51. The summed E-state index contributed by atoms with van der Waals surface area (Å²) in [6.45, 7) is 2.56. The van der Waals surface area contributed by atoms with E-state index in [2.05, 4.69) is 32.0 Å². The molecule has 1 fully saturated rings. The third-order valence-corrected chi connectivity index (χ3v) is 6.89. The van der Waals surface area contributed by atoms with Crippen molar-refractivity contribution in [3.63, 3.8) is 0 Å². The second-order valence-electron chi connectivity index (χ2n) is 9.70. The number of hydrogen-bond donors (Lipinski definition) is 0. The standard InChI is InChI=1S/C26H23F3N8O/c1-25(8-9-25)20-19(24(38-3)32-14-31-20)21-30-10-17-11-33-37(23(17)35-21)12-15-4-6-16(7-5-15)22-34-18(13-36(22)2)26(27,28)29/h4-7,10-11,13-14H,8-9,12H2,1-3H3. The molecule has 0 bridgehead atoms. The molecule has 0 aliphatic heterocycles. The Balaban J connectivity index is 1.32. The average molecular weight is 521 g/mol. The molecule has 0 radical (unpaired) electrons. The first-order chi connectivity index (χ1) is 18.2. The number of aryl methyl sites for hydroxylation is 1. The normalized spacial score (nSPS) is 14.7. The van der Waals surface area contributed by atoms with Crippen LogP contribution in [0.4, 0.5) is 13.2 Å². The lowest BCUT2D eigenvalue weighted by Crippen LogP contribution is -2.10. The minimum atomic E-state index is -4.50. The van der Waals surface area contributed by atoms with Gasteiger partial charge in [0, 0.05) is 30.4 Å². The molecule has 38 heavy (non-hydrogen) atoms. The highest BCUT2D eigenvalue weighted by Crippen LogP contribution is 2.50. The highest BCUT2D eigenvalue weighted by molar-refractivity contribution is 5.77. The average Bonchev–Trinajstić information content (AvgIpc) is 3.34. The lowest BCUT2D eigenvalue weighted by molar-refractivity contribution is -0.140. The number of rotatable bonds is 6. The van der Waals surface area contributed by atoms with E-state index in [0.29, 0.717) is 35.0 Å². The van der Waals surface area contributed by atoms with Crippen LogP contribution in [-0.4, -0.2) is 46.4 Å². The molecule has 5 aromatic rings. The summed E-state index contributed by atoms with van der Waals surface area (Å²) in [6, 6.07) is 7.18. The fraction of sp³-hybridized carbons (Fsp3) is 0.308. The van der Waals surface area contributed by atoms with E-state index in [1.54, 1.807) is 43.4 Å². The Morgan fingerprint density at radius 2 is 1.79 bits per heavy atom. The maximum Gasteiger partial charge on any atom is 0.434 e. The van der Waals surface area contributed by atoms with Crippen LogP contribution in [0.15, 0.2) is 49.2 Å². The van der Waals surface area contributed by atoms with Gasteiger partial charge < -0.3 is 9.30 Å². The summed E-state index contributed by atoms with van der Waals surface area (Å²) in [7, 11) is 3.10. The third-order valence-electron chi connectivity index (χ3n) is 6.89. The van der Waals surface area contributed by atoms with Gasteiger partial charge in [0.05, 0.1) is 30.9 Å². The molecule has 4 heterocycles. The molecule has 0 atom stereocenters. The molecule has 1 aliphatic rings. The van der Waals surface area contributed by atoms with Gasteiger partial charge in [0.15, 0.2) is 17.2 Å². The Morgan fingerprint density at radius 1 is 1.03 bits per heavy atom. The molecule has 0 saturated heterocycles. The molecule has 9 nitrogen and oxygen atoms in total. The monoisotopic (exact) mass is 520 g/mol. The summed E-state index contributed by atoms with van der Waals surface area (Å²) in [6.07, 6.45) is 3.45. The molecule has 0 amide bonds. The smallest absolute Gasteiger partial charge is 0.434 e. The highest BCUT2D eigenvalue weighted by Gasteiger charge is 2.44. The van der Waals surface area contributed by atoms with Crippen molar-refractivity contribution in [3.05, 3.63) is 66.1 Å². The number of aromatic nitrogens is 8. The van der Waals surface area contributed by atoms with E-state index >= 15 is 0 Å². The molecular formula is C26H23F3N8O. The van der Waals surface area contributed by atoms with Crippen LogP contribution in [0.1, 0.15) is 36.7 Å². The maximum absolute atomic E-state index is 13.1. The summed E-state index contributed by atoms with van der Waals surface area (Å²) >= 11 is 0. The number of imidazole rings is 1. The number of ether oxygens (including phenoxy) is 1. The number of halogens is 3. The number of benzene rings is 1. The van der Waals surface area contributed by atoms with Gasteiger partial charge in [-0.05, 0) is 18.4 Å². The van der Waals surface area contributed by atoms with Gasteiger partial charge in [-0.3, -0.25) is 0 Å². The predicted molar refractivity (Wildman–Crippen MR) is 132 cm³/mol. The van der Waals surface area contributed by atoms with Gasteiger partial charge in [0.1, 0.15) is 17.7 Å². The predicted octanol–water partition coefficient (Wildman–Crippen LogP) is 4.81. The van der Waals surface area contributed by atoms with Crippen molar-refractivity contribution in [1.29, 1.82) is 0 Å². The van der Waals surface area contributed by atoms with Crippen molar-refractivity contribution in [3.8, 4) is 28.7 Å². The van der Waals surface area contributed by atoms with Crippen molar-refractivity contribution < 1.29 is 17.9 Å². The lowest BCUT2D eigenvalue weighted by Gasteiger charge is -2.15. The second kappa shape index (κ2) is 8.61. The molecule has 4 aromatic heterocycles. The molecule has 0 unspecified atom stereocenters. The zero-order valence-electron chi connectivity index (χ0n) is 20.9. The van der Waals surface area contributed by atoms with Crippen molar-refractivity contribution >= 4 is 11.0 Å². The zero-order valence-corrected chi connectivity index (χ0v) is 20.9. The van der Waals surface area contributed by atoms with Crippen LogP contribution in [-0.2, 0) is 25.2 Å². The summed E-state index contributed by atoms with van der Waals surface area (Å²) in [4.78, 5) is 22.0. The maximum atomic E-state index is 13.1. The number of methoxy groups -OCH3 is 1. The second-order valence-corrected chi connectivity index (χ2v) is 9.70. The van der Waals surface area contributed by atoms with Crippen LogP contribution in [0.25, 0.3) is 33.8 Å². The van der Waals surface area contributed by atoms with Crippen LogP contribution in [0, 0.1) is 0 Å². The Labute approximate surface area is 215 Å². The van der Waals surface area contributed by atoms with Gasteiger partial charge in [-0.25, -0.2) is 29.6 Å². The third kappa shape index (κ3) is 4.15. The minimum absolute atomic E-state index is 0.0556. The highest BCUT2D eigenvalue weighted by atomic mass is 19.4. The van der Waals surface area contributed by atoms with Crippen LogP contribution in [0.3, 0.4) is 0 Å². The molecule has 1 aromatic carbocycles. The van der Waals surface area contributed by atoms with E-state index in [0.717, 1.165) is 35.7 Å². The van der Waals surface area contributed by atoms with Crippen LogP contribution >= 0.6 is 0 Å². The number of hydrogen-bond acceptors (Lipinski definition) is 7. The largest absolute Gasteiger partial charge is 0.480 e. The zero-order chi connectivity index (χ0) is 26.7. The van der Waals surface area contributed by atoms with E-state index in [9.17, 15) is 13.2 Å². The van der Waals surface area contributed by atoms with Gasteiger partial charge in [-0.2, -0.15) is 18.3 Å². The van der Waals surface area contributed by atoms with Gasteiger partial charge in [0.25, 0.3) is 0 Å². The van der Waals surface area contributed by atoms with Gasteiger partial charge >= 0.3 is 6.18 Å². The molecule has 194 valence electrons. The summed E-state index contributed by atoms with van der Waals surface area (Å²) in [5.74, 6) is 1.13. The minimum Gasteiger partial charge on any atom is -0.480 e. The van der Waals surface area contributed by atoms with E-state index in [-0.39, 0.29) is 11.2 Å². The summed E-state index contributed by atoms with van der Waals surface area (Å²) < 4.78 is 47.8. The van der Waals surface area contributed by atoms with Crippen molar-refractivity contribution in [2.24, 2.45) is 7.05 Å². The summed E-state index contributed by atoms with van der Waals surface area (Å²) in [5, 5.41) is 5.26. The van der Waals surface area contributed by atoms with E-state index < -0.39 is 11.9 Å². The van der Waals surface area contributed by atoms with E-state index in [1.165, 1.54) is 10.9 Å². The Kier molecular flexibility index (Phi) is 5.44. The van der Waals surface area contributed by atoms with E-state index in [4.69, 9.17) is 9.72 Å². The topological polar surface area (TPSA) is 96.4 Å². The summed E-state index contributed by atoms with van der Waals surface area (Å²) in [5.41, 5.74) is 2.69. The Hall–Kier alpha value is -4.35. The van der Waals surface area contributed by atoms with E-state index in [1.807, 2.05) is 12.1 Å². The fourth-order valence-corrected chi connectivity index (χ4v) is 4.51. The number of alkyl halides is 3. The molecule has 6 rings (SSSR count). The van der Waals surface area contributed by atoms with Crippen LogP contribution in [0.5, 0.6) is 5.88 Å². The van der Waals surface area contributed by atoms with Gasteiger partial charge in [0.2, 0.25) is 5.88 Å². The van der Waals surface area contributed by atoms with Crippen molar-refractivity contribution in [1.82, 2.24) is 39.3 Å². The van der Waals surface area contributed by atoms with Crippen LogP contribution < -0.4 is 4.74 Å².